The van der Waals surface area contributed by atoms with E-state index in [2.05, 4.69) is 10.3 Å². The lowest BCUT2D eigenvalue weighted by Gasteiger charge is -2.28. The smallest absolute Gasteiger partial charge is 0.174 e. The third kappa shape index (κ3) is 3.58. The number of anilines is 1. The molecule has 0 radical (unpaired) electrons. The van der Waals surface area contributed by atoms with Crippen molar-refractivity contribution in [3.8, 4) is 5.69 Å². The number of thiocarbonyl (C=S) groups is 1. The molecular weight excluding hydrogens is 438 g/mol. The van der Waals surface area contributed by atoms with Crippen molar-refractivity contribution in [3.05, 3.63) is 113 Å². The quantitative estimate of drug-likeness (QED) is 0.382. The van der Waals surface area contributed by atoms with Gasteiger partial charge in [0.25, 0.3) is 0 Å². The van der Waals surface area contributed by atoms with Gasteiger partial charge in [-0.2, -0.15) is 0 Å². The SMILES string of the molecule is Cc1cc([C@H]2[C@H](c3ccccn3)NC(=S)N2c2ccccc2F)c(C)n1-c1ccccc1F. The van der Waals surface area contributed by atoms with E-state index in [1.165, 1.54) is 12.1 Å². The zero-order valence-corrected chi connectivity index (χ0v) is 19.0. The summed E-state index contributed by atoms with van der Waals surface area (Å²) in [6.45, 7) is 3.89. The van der Waals surface area contributed by atoms with Crippen LogP contribution in [0.25, 0.3) is 5.69 Å². The number of pyridine rings is 1. The molecule has 2 aromatic carbocycles. The Morgan fingerprint density at radius 1 is 0.879 bits per heavy atom. The predicted octanol–water partition coefficient (Wildman–Crippen LogP) is 5.94. The average Bonchev–Trinajstić information content (AvgIpc) is 3.30. The standard InChI is InChI=1S/C26H22F2N4S/c1-16-15-18(17(2)31(16)22-12-5-3-9-19(22)27)25-24(21-11-7-8-14-29-21)30-26(33)32(25)23-13-6-4-10-20(23)28/h3-15,24-25H,1-2H3,(H,30,33)/t24-,25-/m0/s1. The Hall–Kier alpha value is -3.58. The minimum Gasteiger partial charge on any atom is -0.351 e. The zero-order valence-electron chi connectivity index (χ0n) is 18.2. The van der Waals surface area contributed by atoms with Gasteiger partial charge in [0.1, 0.15) is 11.6 Å². The number of halogens is 2. The van der Waals surface area contributed by atoms with Crippen LogP contribution >= 0.6 is 12.2 Å². The molecule has 5 rings (SSSR count). The number of nitrogens with zero attached hydrogens (tertiary/aromatic N) is 3. The van der Waals surface area contributed by atoms with Gasteiger partial charge in [0.2, 0.25) is 0 Å². The second-order valence-electron chi connectivity index (χ2n) is 8.06. The Kier molecular flexibility index (Phi) is 5.42. The maximum atomic E-state index is 14.9. The molecule has 0 spiro atoms. The van der Waals surface area contributed by atoms with E-state index in [9.17, 15) is 8.78 Å². The van der Waals surface area contributed by atoms with E-state index in [1.54, 1.807) is 41.4 Å². The van der Waals surface area contributed by atoms with Crippen molar-refractivity contribution >= 4 is 23.0 Å². The zero-order chi connectivity index (χ0) is 23.1. The number of rotatable bonds is 4. The Labute approximate surface area is 196 Å². The van der Waals surface area contributed by atoms with E-state index in [4.69, 9.17) is 12.2 Å². The van der Waals surface area contributed by atoms with Gasteiger partial charge in [0.15, 0.2) is 5.11 Å². The molecule has 1 aliphatic rings. The fraction of sp³-hybridized carbons (Fsp3) is 0.154. The summed E-state index contributed by atoms with van der Waals surface area (Å²) in [7, 11) is 0. The van der Waals surface area contributed by atoms with Gasteiger partial charge in [-0.1, -0.05) is 30.3 Å². The van der Waals surface area contributed by atoms with Gasteiger partial charge in [-0.05, 0) is 74.1 Å². The summed E-state index contributed by atoms with van der Waals surface area (Å²) in [5.41, 5.74) is 4.30. The fourth-order valence-corrected chi connectivity index (χ4v) is 5.01. The first-order chi connectivity index (χ1) is 16.0. The van der Waals surface area contributed by atoms with Gasteiger partial charge in [-0.25, -0.2) is 8.78 Å². The van der Waals surface area contributed by atoms with E-state index in [1.807, 2.05) is 48.7 Å². The van der Waals surface area contributed by atoms with E-state index < -0.39 is 0 Å². The van der Waals surface area contributed by atoms with E-state index in [-0.39, 0.29) is 23.7 Å². The van der Waals surface area contributed by atoms with Crippen LogP contribution < -0.4 is 10.2 Å². The van der Waals surface area contributed by atoms with Gasteiger partial charge >= 0.3 is 0 Å². The molecule has 4 nitrogen and oxygen atoms in total. The summed E-state index contributed by atoms with van der Waals surface area (Å²) < 4.78 is 31.5. The molecule has 2 aromatic heterocycles. The van der Waals surface area contributed by atoms with Crippen molar-refractivity contribution in [1.82, 2.24) is 14.9 Å². The summed E-state index contributed by atoms with van der Waals surface area (Å²) in [4.78, 5) is 6.35. The lowest BCUT2D eigenvalue weighted by Crippen LogP contribution is -2.30. The maximum Gasteiger partial charge on any atom is 0.174 e. The molecule has 7 heteroatoms. The van der Waals surface area contributed by atoms with Crippen molar-refractivity contribution in [2.24, 2.45) is 0 Å². The number of aryl methyl sites for hydroxylation is 1. The van der Waals surface area contributed by atoms with Crippen LogP contribution in [-0.4, -0.2) is 14.7 Å². The van der Waals surface area contributed by atoms with Crippen LogP contribution in [0.3, 0.4) is 0 Å². The van der Waals surface area contributed by atoms with Gasteiger partial charge in [-0.15, -0.1) is 0 Å². The lowest BCUT2D eigenvalue weighted by molar-refractivity contribution is 0.555. The van der Waals surface area contributed by atoms with Crippen molar-refractivity contribution < 1.29 is 8.78 Å². The second kappa shape index (κ2) is 8.41. The molecule has 1 fully saturated rings. The molecule has 0 amide bonds. The molecule has 2 atom stereocenters. The van der Waals surface area contributed by atoms with Crippen molar-refractivity contribution in [2.75, 3.05) is 4.90 Å². The first-order valence-corrected chi connectivity index (χ1v) is 11.1. The van der Waals surface area contributed by atoms with E-state index >= 15 is 0 Å². The average molecular weight is 461 g/mol. The summed E-state index contributed by atoms with van der Waals surface area (Å²) in [5, 5.41) is 3.76. The van der Waals surface area contributed by atoms with Crippen molar-refractivity contribution in [1.29, 1.82) is 0 Å². The van der Waals surface area contributed by atoms with Crippen LogP contribution in [0.2, 0.25) is 0 Å². The molecule has 4 aromatic rings. The summed E-state index contributed by atoms with van der Waals surface area (Å²) >= 11 is 5.69. The Morgan fingerprint density at radius 2 is 1.52 bits per heavy atom. The van der Waals surface area contributed by atoms with Crippen molar-refractivity contribution in [2.45, 2.75) is 25.9 Å². The molecular formula is C26H22F2N4S. The number of hydrogen-bond donors (Lipinski definition) is 1. The van der Waals surface area contributed by atoms with Crippen LogP contribution in [0.5, 0.6) is 0 Å². The summed E-state index contributed by atoms with van der Waals surface area (Å²) in [6.07, 6.45) is 1.73. The van der Waals surface area contributed by atoms with Crippen LogP contribution in [0.15, 0.2) is 79.0 Å². The highest BCUT2D eigenvalue weighted by Crippen LogP contribution is 2.44. The van der Waals surface area contributed by atoms with Gasteiger partial charge in [-0.3, -0.25) is 4.98 Å². The number of nitrogens with one attached hydrogen (secondary N) is 1. The molecule has 0 bridgehead atoms. The highest BCUT2D eigenvalue weighted by atomic mass is 32.1. The predicted molar refractivity (Wildman–Crippen MR) is 130 cm³/mol. The molecule has 166 valence electrons. The third-order valence-corrected chi connectivity index (χ3v) is 6.41. The largest absolute Gasteiger partial charge is 0.351 e. The molecule has 3 heterocycles. The molecule has 1 aliphatic heterocycles. The number of hydrogen-bond acceptors (Lipinski definition) is 2. The molecule has 1 N–H and O–H groups in total. The normalized spacial score (nSPS) is 17.9. The van der Waals surface area contributed by atoms with Crippen LogP contribution in [0.1, 0.15) is 34.7 Å². The van der Waals surface area contributed by atoms with Crippen LogP contribution in [0.4, 0.5) is 14.5 Å². The van der Waals surface area contributed by atoms with Crippen molar-refractivity contribution in [3.63, 3.8) is 0 Å². The van der Waals surface area contributed by atoms with E-state index in [0.29, 0.717) is 16.5 Å². The molecule has 0 unspecified atom stereocenters. The van der Waals surface area contributed by atoms with Gasteiger partial charge in [0.05, 0.1) is 29.2 Å². The highest BCUT2D eigenvalue weighted by Gasteiger charge is 2.43. The third-order valence-electron chi connectivity index (χ3n) is 6.09. The first kappa shape index (κ1) is 21.3. The minimum atomic E-state index is -0.379. The topological polar surface area (TPSA) is 33.1 Å². The van der Waals surface area contributed by atoms with Gasteiger partial charge < -0.3 is 14.8 Å². The Morgan fingerprint density at radius 3 is 2.15 bits per heavy atom. The van der Waals surface area contributed by atoms with Gasteiger partial charge in [0, 0.05) is 17.6 Å². The molecule has 0 saturated carbocycles. The summed E-state index contributed by atoms with van der Waals surface area (Å²) in [5.74, 6) is -0.672. The molecule has 33 heavy (non-hydrogen) atoms. The van der Waals surface area contributed by atoms with E-state index in [0.717, 1.165) is 22.6 Å². The Balaban J connectivity index is 1.71. The maximum absolute atomic E-state index is 14.9. The second-order valence-corrected chi connectivity index (χ2v) is 8.45. The highest BCUT2D eigenvalue weighted by molar-refractivity contribution is 7.80. The molecule has 0 aliphatic carbocycles. The minimum absolute atomic E-state index is 0.307. The first-order valence-electron chi connectivity index (χ1n) is 10.7. The molecule has 1 saturated heterocycles. The van der Waals surface area contributed by atoms with Crippen LogP contribution in [-0.2, 0) is 0 Å². The number of para-hydroxylation sites is 2. The monoisotopic (exact) mass is 460 g/mol. The van der Waals surface area contributed by atoms with Crippen LogP contribution in [0, 0.1) is 25.5 Å². The number of benzene rings is 2. The summed E-state index contributed by atoms with van der Waals surface area (Å²) in [6, 6.07) is 20.3. The fourth-order valence-electron chi connectivity index (χ4n) is 4.67. The lowest BCUT2D eigenvalue weighted by atomic mass is 9.96. The Bertz CT molecular complexity index is 1340. The number of aromatic nitrogens is 2.